The highest BCUT2D eigenvalue weighted by Gasteiger charge is 2.20. The van der Waals surface area contributed by atoms with Gasteiger partial charge in [0.25, 0.3) is 0 Å². The SMILES string of the molecule is CCN(CC1CCCCN1)C(C)c1ccc(Cl)cc1. The summed E-state index contributed by atoms with van der Waals surface area (Å²) in [5, 5.41) is 4.45. The lowest BCUT2D eigenvalue weighted by molar-refractivity contribution is 0.184. The summed E-state index contributed by atoms with van der Waals surface area (Å²) in [5.74, 6) is 0. The van der Waals surface area contributed by atoms with E-state index in [0.29, 0.717) is 12.1 Å². The van der Waals surface area contributed by atoms with Crippen molar-refractivity contribution in [3.05, 3.63) is 34.9 Å². The molecule has 2 nitrogen and oxygen atoms in total. The van der Waals surface area contributed by atoms with Crippen LogP contribution in [0.15, 0.2) is 24.3 Å². The number of halogens is 1. The monoisotopic (exact) mass is 280 g/mol. The van der Waals surface area contributed by atoms with E-state index < -0.39 is 0 Å². The lowest BCUT2D eigenvalue weighted by atomic mass is 10.0. The molecule has 1 aromatic carbocycles. The van der Waals surface area contributed by atoms with Gasteiger partial charge in [-0.05, 0) is 50.6 Å². The third-order valence-electron chi connectivity index (χ3n) is 4.17. The topological polar surface area (TPSA) is 15.3 Å². The summed E-state index contributed by atoms with van der Waals surface area (Å²) in [4.78, 5) is 2.55. The predicted octanol–water partition coefficient (Wildman–Crippen LogP) is 3.87. The van der Waals surface area contributed by atoms with Crippen molar-refractivity contribution in [3.63, 3.8) is 0 Å². The Kier molecular flexibility index (Phi) is 5.68. The van der Waals surface area contributed by atoms with Crippen LogP contribution < -0.4 is 5.32 Å². The Hall–Kier alpha value is -0.570. The van der Waals surface area contributed by atoms with Crippen molar-refractivity contribution in [2.75, 3.05) is 19.6 Å². The molecule has 0 spiro atoms. The Morgan fingerprint density at radius 2 is 2.05 bits per heavy atom. The molecule has 1 aliphatic rings. The fraction of sp³-hybridized carbons (Fsp3) is 0.625. The third-order valence-corrected chi connectivity index (χ3v) is 4.43. The number of hydrogen-bond donors (Lipinski definition) is 1. The van der Waals surface area contributed by atoms with Gasteiger partial charge in [-0.3, -0.25) is 4.90 Å². The zero-order valence-electron chi connectivity index (χ0n) is 12.0. The van der Waals surface area contributed by atoms with Gasteiger partial charge in [-0.1, -0.05) is 37.1 Å². The molecule has 3 heteroatoms. The van der Waals surface area contributed by atoms with E-state index in [4.69, 9.17) is 11.6 Å². The lowest BCUT2D eigenvalue weighted by Crippen LogP contribution is -2.44. The fourth-order valence-corrected chi connectivity index (χ4v) is 3.00. The second-order valence-corrected chi connectivity index (χ2v) is 5.90. The van der Waals surface area contributed by atoms with E-state index in [0.717, 1.165) is 18.1 Å². The first-order chi connectivity index (χ1) is 9.20. The van der Waals surface area contributed by atoms with Crippen LogP contribution in [0.2, 0.25) is 5.02 Å². The van der Waals surface area contributed by atoms with Gasteiger partial charge in [0, 0.05) is 23.7 Å². The smallest absolute Gasteiger partial charge is 0.0406 e. The van der Waals surface area contributed by atoms with E-state index in [-0.39, 0.29) is 0 Å². The zero-order chi connectivity index (χ0) is 13.7. The van der Waals surface area contributed by atoms with Gasteiger partial charge in [0.1, 0.15) is 0 Å². The van der Waals surface area contributed by atoms with Gasteiger partial charge >= 0.3 is 0 Å². The molecule has 0 aromatic heterocycles. The number of hydrogen-bond acceptors (Lipinski definition) is 2. The summed E-state index contributed by atoms with van der Waals surface area (Å²) < 4.78 is 0. The largest absolute Gasteiger partial charge is 0.313 e. The molecule has 1 heterocycles. The molecule has 19 heavy (non-hydrogen) atoms. The Morgan fingerprint density at radius 1 is 1.32 bits per heavy atom. The van der Waals surface area contributed by atoms with Gasteiger partial charge in [0.05, 0.1) is 0 Å². The van der Waals surface area contributed by atoms with Gasteiger partial charge in [-0.25, -0.2) is 0 Å². The number of nitrogens with zero attached hydrogens (tertiary/aromatic N) is 1. The van der Waals surface area contributed by atoms with Crippen molar-refractivity contribution in [2.24, 2.45) is 0 Å². The van der Waals surface area contributed by atoms with E-state index in [1.54, 1.807) is 0 Å². The maximum Gasteiger partial charge on any atom is 0.0406 e. The molecule has 1 aliphatic heterocycles. The molecule has 2 unspecified atom stereocenters. The van der Waals surface area contributed by atoms with Crippen LogP contribution in [0, 0.1) is 0 Å². The number of rotatable bonds is 5. The van der Waals surface area contributed by atoms with E-state index in [1.807, 2.05) is 12.1 Å². The molecule has 2 atom stereocenters. The number of benzene rings is 1. The average molecular weight is 281 g/mol. The van der Waals surface area contributed by atoms with Gasteiger partial charge in [0.15, 0.2) is 0 Å². The first-order valence-electron chi connectivity index (χ1n) is 7.43. The molecular formula is C16H25ClN2. The maximum absolute atomic E-state index is 5.96. The zero-order valence-corrected chi connectivity index (χ0v) is 12.8. The summed E-state index contributed by atoms with van der Waals surface area (Å²) in [6.45, 7) is 7.94. The highest BCUT2D eigenvalue weighted by molar-refractivity contribution is 6.30. The quantitative estimate of drug-likeness (QED) is 0.881. The minimum absolute atomic E-state index is 0.450. The van der Waals surface area contributed by atoms with Crippen molar-refractivity contribution < 1.29 is 0 Å². The first kappa shape index (κ1) is 14.8. The van der Waals surface area contributed by atoms with Crippen LogP contribution in [-0.2, 0) is 0 Å². The molecule has 0 amide bonds. The highest BCUT2D eigenvalue weighted by atomic mass is 35.5. The van der Waals surface area contributed by atoms with Crippen LogP contribution in [0.3, 0.4) is 0 Å². The van der Waals surface area contributed by atoms with E-state index in [2.05, 4.69) is 36.2 Å². The van der Waals surface area contributed by atoms with Crippen LogP contribution in [0.5, 0.6) is 0 Å². The van der Waals surface area contributed by atoms with Crippen LogP contribution in [0.4, 0.5) is 0 Å². The van der Waals surface area contributed by atoms with Gasteiger partial charge in [-0.15, -0.1) is 0 Å². The normalized spacial score (nSPS) is 21.6. The molecule has 106 valence electrons. The molecule has 1 N–H and O–H groups in total. The maximum atomic E-state index is 5.96. The van der Waals surface area contributed by atoms with Crippen molar-refractivity contribution in [1.29, 1.82) is 0 Å². The molecule has 0 bridgehead atoms. The molecule has 0 saturated carbocycles. The Labute approximate surface area is 122 Å². The third kappa shape index (κ3) is 4.20. The molecule has 1 aromatic rings. The Morgan fingerprint density at radius 3 is 2.63 bits per heavy atom. The highest BCUT2D eigenvalue weighted by Crippen LogP contribution is 2.23. The summed E-state index contributed by atoms with van der Waals surface area (Å²) in [6, 6.07) is 9.36. The van der Waals surface area contributed by atoms with Crippen molar-refractivity contribution >= 4 is 11.6 Å². The second-order valence-electron chi connectivity index (χ2n) is 5.46. The molecule has 0 aliphatic carbocycles. The van der Waals surface area contributed by atoms with Crippen molar-refractivity contribution in [3.8, 4) is 0 Å². The number of nitrogens with one attached hydrogen (secondary N) is 1. The van der Waals surface area contributed by atoms with Crippen LogP contribution in [-0.4, -0.2) is 30.6 Å². The summed E-state index contributed by atoms with van der Waals surface area (Å²) >= 11 is 5.96. The van der Waals surface area contributed by atoms with E-state index in [1.165, 1.54) is 31.4 Å². The van der Waals surface area contributed by atoms with Gasteiger partial charge < -0.3 is 5.32 Å². The molecule has 0 radical (unpaired) electrons. The Balaban J connectivity index is 1.97. The standard InChI is InChI=1S/C16H25ClN2/c1-3-19(12-16-6-4-5-11-18-16)13(2)14-7-9-15(17)10-8-14/h7-10,13,16,18H,3-6,11-12H2,1-2H3. The van der Waals surface area contributed by atoms with Crippen LogP contribution in [0.1, 0.15) is 44.7 Å². The number of likely N-dealkylation sites (N-methyl/N-ethyl adjacent to an activating group) is 1. The van der Waals surface area contributed by atoms with Gasteiger partial charge in [-0.2, -0.15) is 0 Å². The minimum atomic E-state index is 0.450. The van der Waals surface area contributed by atoms with Crippen LogP contribution in [0.25, 0.3) is 0 Å². The lowest BCUT2D eigenvalue weighted by Gasteiger charge is -2.34. The van der Waals surface area contributed by atoms with Gasteiger partial charge in [0.2, 0.25) is 0 Å². The predicted molar refractivity (Wildman–Crippen MR) is 82.8 cm³/mol. The summed E-state index contributed by atoms with van der Waals surface area (Å²) in [5.41, 5.74) is 1.35. The van der Waals surface area contributed by atoms with Crippen molar-refractivity contribution in [2.45, 2.75) is 45.2 Å². The summed E-state index contributed by atoms with van der Waals surface area (Å²) in [7, 11) is 0. The molecule has 1 saturated heterocycles. The number of piperidine rings is 1. The fourth-order valence-electron chi connectivity index (χ4n) is 2.88. The van der Waals surface area contributed by atoms with Crippen molar-refractivity contribution in [1.82, 2.24) is 10.2 Å². The van der Waals surface area contributed by atoms with E-state index >= 15 is 0 Å². The second kappa shape index (κ2) is 7.28. The minimum Gasteiger partial charge on any atom is -0.313 e. The van der Waals surface area contributed by atoms with E-state index in [9.17, 15) is 0 Å². The molecule has 1 fully saturated rings. The first-order valence-corrected chi connectivity index (χ1v) is 7.81. The Bertz CT molecular complexity index is 371. The summed E-state index contributed by atoms with van der Waals surface area (Å²) in [6.07, 6.45) is 4.00. The molecule has 2 rings (SSSR count). The van der Waals surface area contributed by atoms with Crippen LogP contribution >= 0.6 is 11.6 Å². The average Bonchev–Trinajstić information content (AvgIpc) is 2.46. The molecular weight excluding hydrogens is 256 g/mol.